The maximum atomic E-state index is 6.54. The molecule has 3 aromatic rings. The van der Waals surface area contributed by atoms with Gasteiger partial charge in [0.2, 0.25) is 0 Å². The Morgan fingerprint density at radius 3 is 2.28 bits per heavy atom. The van der Waals surface area contributed by atoms with E-state index in [1.165, 1.54) is 0 Å². The average molecular weight is 491 g/mol. The first-order chi connectivity index (χ1) is 13.5. The summed E-state index contributed by atoms with van der Waals surface area (Å²) >= 11 is 3.69. The molecule has 0 amide bonds. The van der Waals surface area contributed by atoms with E-state index in [-0.39, 0.29) is 0 Å². The number of halogens is 1. The van der Waals surface area contributed by atoms with Gasteiger partial charge < -0.3 is 14.5 Å². The fourth-order valence-corrected chi connectivity index (χ4v) is 7.71. The molecule has 0 saturated carbocycles. The molecule has 1 N–H and O–H groups in total. The molecule has 0 fully saturated rings. The highest BCUT2D eigenvalue weighted by molar-refractivity contribution is 9.10. The van der Waals surface area contributed by atoms with E-state index >= 15 is 0 Å². The van der Waals surface area contributed by atoms with Gasteiger partial charge in [0.25, 0.3) is 0 Å². The molecule has 1 unspecified atom stereocenters. The van der Waals surface area contributed by atoms with E-state index in [9.17, 15) is 0 Å². The molecule has 0 saturated heterocycles. The number of hydrogen-bond donors (Lipinski definition) is 1. The van der Waals surface area contributed by atoms with Crippen molar-refractivity contribution in [2.75, 3.05) is 13.3 Å². The van der Waals surface area contributed by atoms with Gasteiger partial charge in [0, 0.05) is 15.4 Å². The van der Waals surface area contributed by atoms with Crippen molar-refractivity contribution in [3.05, 3.63) is 64.3 Å². The highest BCUT2D eigenvalue weighted by atomic mass is 79.9. The predicted molar refractivity (Wildman–Crippen MR) is 132 cm³/mol. The molecule has 0 spiro atoms. The first-order valence-electron chi connectivity index (χ1n) is 10.1. The van der Waals surface area contributed by atoms with Crippen molar-refractivity contribution < 1.29 is 9.15 Å². The Morgan fingerprint density at radius 1 is 1.00 bits per heavy atom. The molecule has 3 rings (SSSR count). The van der Waals surface area contributed by atoms with Gasteiger partial charge >= 0.3 is 0 Å². The molecule has 0 aliphatic carbocycles. The minimum absolute atomic E-state index is 0.415. The lowest BCUT2D eigenvalue weighted by atomic mass is 10.0. The van der Waals surface area contributed by atoms with Crippen molar-refractivity contribution in [2.45, 2.75) is 44.4 Å². The largest absolute Gasteiger partial charge is 0.496 e. The molecule has 0 aliphatic heterocycles. The number of rotatable bonds is 7. The summed E-state index contributed by atoms with van der Waals surface area (Å²) in [5, 5.41) is 4.76. The van der Waals surface area contributed by atoms with Gasteiger partial charge in [0.05, 0.1) is 28.4 Å². The first kappa shape index (κ1) is 22.3. The van der Waals surface area contributed by atoms with Crippen molar-refractivity contribution in [3.8, 4) is 5.75 Å². The molecule has 0 bridgehead atoms. The topological polar surface area (TPSA) is 34.4 Å². The third-order valence-electron chi connectivity index (χ3n) is 5.37. The summed E-state index contributed by atoms with van der Waals surface area (Å²) in [7, 11) is -1.56. The van der Waals surface area contributed by atoms with Crippen molar-refractivity contribution in [1.29, 1.82) is 0 Å². The summed E-state index contributed by atoms with van der Waals surface area (Å²) in [6.45, 7) is 14.4. The van der Waals surface area contributed by atoms with Gasteiger partial charge in [-0.1, -0.05) is 73.4 Å². The zero-order valence-electron chi connectivity index (χ0n) is 18.5. The van der Waals surface area contributed by atoms with Crippen LogP contribution in [0.1, 0.15) is 11.3 Å². The van der Waals surface area contributed by atoms with Crippen LogP contribution in [0.2, 0.25) is 39.3 Å². The molecular formula is C23H32BrNO2Si2. The molecule has 0 radical (unpaired) electrons. The van der Waals surface area contributed by atoms with E-state index in [1.54, 1.807) is 7.11 Å². The van der Waals surface area contributed by atoms with Gasteiger partial charge in [0.1, 0.15) is 17.1 Å². The van der Waals surface area contributed by atoms with Crippen LogP contribution in [0, 0.1) is 0 Å². The fourth-order valence-electron chi connectivity index (χ4n) is 3.89. The summed E-state index contributed by atoms with van der Waals surface area (Å²) < 4.78 is 13.4. The number of ether oxygens (including phenoxy) is 1. The third kappa shape index (κ3) is 4.40. The molecule has 29 heavy (non-hydrogen) atoms. The predicted octanol–water partition coefficient (Wildman–Crippen LogP) is 6.79. The van der Waals surface area contributed by atoms with E-state index in [2.05, 4.69) is 84.8 Å². The van der Waals surface area contributed by atoms with Crippen LogP contribution in [0.15, 0.2) is 57.4 Å². The Labute approximate surface area is 185 Å². The summed E-state index contributed by atoms with van der Waals surface area (Å²) in [4.78, 5) is 0. The van der Waals surface area contributed by atoms with Crippen molar-refractivity contribution in [3.63, 3.8) is 0 Å². The van der Waals surface area contributed by atoms with Gasteiger partial charge in [-0.15, -0.1) is 0 Å². The molecule has 6 heteroatoms. The van der Waals surface area contributed by atoms with Crippen LogP contribution in [0.5, 0.6) is 5.75 Å². The minimum Gasteiger partial charge on any atom is -0.496 e. The number of benzene rings is 2. The zero-order valence-corrected chi connectivity index (χ0v) is 22.1. The van der Waals surface area contributed by atoms with E-state index < -0.39 is 21.3 Å². The first-order valence-corrected chi connectivity index (χ1v) is 18.1. The van der Waals surface area contributed by atoms with E-state index in [0.29, 0.717) is 0 Å². The van der Waals surface area contributed by atoms with Crippen LogP contribution in [0.3, 0.4) is 0 Å². The molecule has 2 aromatic carbocycles. The van der Waals surface area contributed by atoms with Crippen LogP contribution in [-0.2, 0) is 5.16 Å². The van der Waals surface area contributed by atoms with Gasteiger partial charge in [0.15, 0.2) is 0 Å². The van der Waals surface area contributed by atoms with Crippen LogP contribution >= 0.6 is 15.9 Å². The summed E-state index contributed by atoms with van der Waals surface area (Å²) in [6, 6.07) is 16.8. The number of para-hydroxylation sites is 1. The zero-order chi connectivity index (χ0) is 21.4. The Kier molecular flexibility index (Phi) is 6.21. The van der Waals surface area contributed by atoms with Crippen molar-refractivity contribution in [1.82, 2.24) is 5.32 Å². The van der Waals surface area contributed by atoms with Crippen LogP contribution in [0.25, 0.3) is 11.0 Å². The highest BCUT2D eigenvalue weighted by Crippen LogP contribution is 2.45. The average Bonchev–Trinajstić information content (AvgIpc) is 3.04. The molecule has 3 nitrogen and oxygen atoms in total. The van der Waals surface area contributed by atoms with Gasteiger partial charge in [-0.3, -0.25) is 0 Å². The number of methoxy groups -OCH3 is 1. The smallest absolute Gasteiger partial charge is 0.134 e. The van der Waals surface area contributed by atoms with Crippen LogP contribution < -0.4 is 10.1 Å². The number of nitrogens with one attached hydrogen (secondary N) is 1. The lowest BCUT2D eigenvalue weighted by Gasteiger charge is -2.45. The standard InChI is InChI=1S/C23H32BrNO2Si2/c1-26-21-13-12-18(24)15-19(21)23(29(5,6)7,25-16-28(2,3)4)22-14-17-10-8-9-11-20(17)27-22/h8-15,25H,16H2,1-7H3. The SMILES string of the molecule is COc1ccc(Br)cc1C(NC[Si](C)(C)C)(c1cc2ccccc2o1)[Si](C)(C)C. The number of fused-ring (bicyclic) bond motifs is 1. The second-order valence-corrected chi connectivity index (χ2v) is 21.5. The van der Waals surface area contributed by atoms with E-state index in [1.807, 2.05) is 24.3 Å². The molecule has 1 heterocycles. The molecule has 1 atom stereocenters. The van der Waals surface area contributed by atoms with Crippen LogP contribution in [0.4, 0.5) is 0 Å². The van der Waals surface area contributed by atoms with E-state index in [0.717, 1.165) is 38.7 Å². The maximum Gasteiger partial charge on any atom is 0.134 e. The fraction of sp³-hybridized carbons (Fsp3) is 0.391. The molecule has 0 aliphatic rings. The summed E-state index contributed by atoms with van der Waals surface area (Å²) in [6.07, 6.45) is 0.990. The Balaban J connectivity index is 2.36. The maximum absolute atomic E-state index is 6.54. The third-order valence-corrected chi connectivity index (χ3v) is 10.0. The number of hydrogen-bond acceptors (Lipinski definition) is 3. The monoisotopic (exact) mass is 489 g/mol. The second-order valence-electron chi connectivity index (χ2n) is 9.91. The molecule has 156 valence electrons. The normalized spacial score (nSPS) is 14.8. The second kappa shape index (κ2) is 8.06. The van der Waals surface area contributed by atoms with Crippen molar-refractivity contribution in [2.24, 2.45) is 0 Å². The van der Waals surface area contributed by atoms with Crippen LogP contribution in [-0.4, -0.2) is 29.4 Å². The minimum atomic E-state index is -1.94. The Morgan fingerprint density at radius 2 is 1.69 bits per heavy atom. The molecule has 1 aromatic heterocycles. The van der Waals surface area contributed by atoms with E-state index in [4.69, 9.17) is 9.15 Å². The molecular weight excluding hydrogens is 458 g/mol. The van der Waals surface area contributed by atoms with Crippen molar-refractivity contribution >= 4 is 43.0 Å². The number of furan rings is 1. The quantitative estimate of drug-likeness (QED) is 0.370. The van der Waals surface area contributed by atoms with Gasteiger partial charge in [-0.25, -0.2) is 0 Å². The lowest BCUT2D eigenvalue weighted by Crippen LogP contribution is -2.62. The Hall–Kier alpha value is -1.35. The van der Waals surface area contributed by atoms with Gasteiger partial charge in [-0.2, -0.15) is 0 Å². The summed E-state index contributed by atoms with van der Waals surface area (Å²) in [5.41, 5.74) is 2.07. The highest BCUT2D eigenvalue weighted by Gasteiger charge is 2.50. The summed E-state index contributed by atoms with van der Waals surface area (Å²) in [5.74, 6) is 1.87. The lowest BCUT2D eigenvalue weighted by molar-refractivity contribution is 0.382. The Bertz CT molecular complexity index is 971. The van der Waals surface area contributed by atoms with Gasteiger partial charge in [-0.05, 0) is 36.5 Å².